The third-order valence-corrected chi connectivity index (χ3v) is 2.78. The van der Waals surface area contributed by atoms with Gasteiger partial charge in [0.2, 0.25) is 0 Å². The molecule has 1 aliphatic rings. The molecule has 0 saturated carbocycles. The van der Waals surface area contributed by atoms with Crippen molar-refractivity contribution in [1.82, 2.24) is 4.90 Å². The molecule has 1 saturated heterocycles. The zero-order chi connectivity index (χ0) is 14.5. The highest BCUT2D eigenvalue weighted by Crippen LogP contribution is 2.18. The van der Waals surface area contributed by atoms with Gasteiger partial charge < -0.3 is 19.5 Å². The van der Waals surface area contributed by atoms with Gasteiger partial charge in [0.05, 0.1) is 19.3 Å². The smallest absolute Gasteiger partial charge is 0.410 e. The van der Waals surface area contributed by atoms with Crippen molar-refractivity contribution in [2.45, 2.75) is 51.7 Å². The number of morpholine rings is 1. The fourth-order valence-corrected chi connectivity index (χ4v) is 1.94. The Kier molecular flexibility index (Phi) is 5.60. The van der Waals surface area contributed by atoms with Crippen molar-refractivity contribution in [3.63, 3.8) is 0 Å². The summed E-state index contributed by atoms with van der Waals surface area (Å²) in [5, 5.41) is 8.63. The van der Waals surface area contributed by atoms with E-state index in [2.05, 4.69) is 0 Å². The van der Waals surface area contributed by atoms with E-state index in [0.29, 0.717) is 32.6 Å². The van der Waals surface area contributed by atoms with Gasteiger partial charge in [0.1, 0.15) is 5.60 Å². The Bertz CT molecular complexity index is 323. The predicted octanol–water partition coefficient (Wildman–Crippen LogP) is 1.88. The molecule has 1 heterocycles. The second-order valence-corrected chi connectivity index (χ2v) is 5.69. The highest BCUT2D eigenvalue weighted by Gasteiger charge is 2.30. The first-order chi connectivity index (χ1) is 8.79. The number of nitrogens with zero attached hydrogens (tertiary/aromatic N) is 1. The number of carboxylic acid groups (broad SMARTS) is 1. The van der Waals surface area contributed by atoms with Crippen molar-refractivity contribution in [2.75, 3.05) is 19.8 Å². The Morgan fingerprint density at radius 3 is 2.68 bits per heavy atom. The first-order valence-electron chi connectivity index (χ1n) is 6.59. The van der Waals surface area contributed by atoms with Gasteiger partial charge in [-0.2, -0.15) is 0 Å². The maximum atomic E-state index is 12.1. The lowest BCUT2D eigenvalue weighted by atomic mass is 10.1. The Morgan fingerprint density at radius 2 is 2.11 bits per heavy atom. The standard InChI is InChI=1S/C13H23NO5/c1-13(2,3)19-12(17)14-7-8-18-9-10(14)5-4-6-11(15)16/h10H,4-9H2,1-3H3,(H,15,16). The molecule has 6 heteroatoms. The summed E-state index contributed by atoms with van der Waals surface area (Å²) in [6.07, 6.45) is 0.906. The van der Waals surface area contributed by atoms with E-state index in [1.54, 1.807) is 4.90 Å². The largest absolute Gasteiger partial charge is 0.481 e. The molecule has 0 aromatic carbocycles. The van der Waals surface area contributed by atoms with Gasteiger partial charge in [0.15, 0.2) is 0 Å². The van der Waals surface area contributed by atoms with Crippen molar-refractivity contribution in [2.24, 2.45) is 0 Å². The molecule has 1 amide bonds. The number of rotatable bonds is 4. The summed E-state index contributed by atoms with van der Waals surface area (Å²) in [6.45, 7) is 6.90. The lowest BCUT2D eigenvalue weighted by molar-refractivity contribution is -0.137. The van der Waals surface area contributed by atoms with Gasteiger partial charge in [0, 0.05) is 13.0 Å². The Labute approximate surface area is 113 Å². The van der Waals surface area contributed by atoms with Crippen LogP contribution >= 0.6 is 0 Å². The van der Waals surface area contributed by atoms with Crippen LogP contribution in [0.2, 0.25) is 0 Å². The molecule has 0 radical (unpaired) electrons. The quantitative estimate of drug-likeness (QED) is 0.846. The van der Waals surface area contributed by atoms with Crippen LogP contribution in [0.1, 0.15) is 40.0 Å². The number of hydrogen-bond donors (Lipinski definition) is 1. The molecule has 1 aliphatic heterocycles. The van der Waals surface area contributed by atoms with Crippen molar-refractivity contribution in [1.29, 1.82) is 0 Å². The van der Waals surface area contributed by atoms with Crippen LogP contribution in [0, 0.1) is 0 Å². The molecule has 1 fully saturated rings. The Morgan fingerprint density at radius 1 is 1.42 bits per heavy atom. The van der Waals surface area contributed by atoms with Crippen molar-refractivity contribution < 1.29 is 24.2 Å². The molecule has 110 valence electrons. The Balaban J connectivity index is 2.51. The zero-order valence-corrected chi connectivity index (χ0v) is 11.8. The second kappa shape index (κ2) is 6.75. The minimum Gasteiger partial charge on any atom is -0.481 e. The van der Waals surface area contributed by atoms with Gasteiger partial charge >= 0.3 is 12.1 Å². The highest BCUT2D eigenvalue weighted by atomic mass is 16.6. The first-order valence-corrected chi connectivity index (χ1v) is 6.59. The number of ether oxygens (including phenoxy) is 2. The van der Waals surface area contributed by atoms with Gasteiger partial charge in [-0.05, 0) is 33.6 Å². The van der Waals surface area contributed by atoms with Crippen LogP contribution in [0.15, 0.2) is 0 Å². The molecule has 1 N–H and O–H groups in total. The Hall–Kier alpha value is -1.30. The highest BCUT2D eigenvalue weighted by molar-refractivity contribution is 5.69. The predicted molar refractivity (Wildman–Crippen MR) is 69.0 cm³/mol. The average Bonchev–Trinajstić information content (AvgIpc) is 2.26. The maximum absolute atomic E-state index is 12.1. The molecule has 19 heavy (non-hydrogen) atoms. The molecular weight excluding hydrogens is 250 g/mol. The van der Waals surface area contributed by atoms with E-state index in [4.69, 9.17) is 14.6 Å². The molecule has 0 aromatic heterocycles. The van der Waals surface area contributed by atoms with Crippen molar-refractivity contribution in [3.05, 3.63) is 0 Å². The van der Waals surface area contributed by atoms with Crippen LogP contribution < -0.4 is 0 Å². The second-order valence-electron chi connectivity index (χ2n) is 5.69. The van der Waals surface area contributed by atoms with E-state index in [9.17, 15) is 9.59 Å². The molecule has 1 atom stereocenters. The molecular formula is C13H23NO5. The molecule has 1 unspecified atom stereocenters. The third-order valence-electron chi connectivity index (χ3n) is 2.78. The number of carboxylic acids is 1. The average molecular weight is 273 g/mol. The summed E-state index contributed by atoms with van der Waals surface area (Å²) in [5.74, 6) is -0.819. The van der Waals surface area contributed by atoms with E-state index in [0.717, 1.165) is 0 Å². The van der Waals surface area contributed by atoms with Crippen molar-refractivity contribution >= 4 is 12.1 Å². The van der Waals surface area contributed by atoms with Gasteiger partial charge in [0.25, 0.3) is 0 Å². The molecule has 0 bridgehead atoms. The van der Waals surface area contributed by atoms with Crippen molar-refractivity contribution in [3.8, 4) is 0 Å². The number of aliphatic carboxylic acids is 1. The monoisotopic (exact) mass is 273 g/mol. The van der Waals surface area contributed by atoms with Crippen LogP contribution in [0.4, 0.5) is 4.79 Å². The topological polar surface area (TPSA) is 76.1 Å². The zero-order valence-electron chi connectivity index (χ0n) is 11.8. The number of amides is 1. The molecule has 0 aliphatic carbocycles. The maximum Gasteiger partial charge on any atom is 0.410 e. The lowest BCUT2D eigenvalue weighted by Crippen LogP contribution is -2.50. The third kappa shape index (κ3) is 5.92. The van der Waals surface area contributed by atoms with Gasteiger partial charge in [-0.1, -0.05) is 0 Å². The summed E-state index contributed by atoms with van der Waals surface area (Å²) < 4.78 is 10.7. The van der Waals surface area contributed by atoms with Crippen LogP contribution in [0.3, 0.4) is 0 Å². The van der Waals surface area contributed by atoms with Crippen LogP contribution in [0.5, 0.6) is 0 Å². The van der Waals surface area contributed by atoms with E-state index >= 15 is 0 Å². The normalized spacial score (nSPS) is 20.2. The SMILES string of the molecule is CC(C)(C)OC(=O)N1CCOCC1CCCC(=O)O. The summed E-state index contributed by atoms with van der Waals surface area (Å²) in [4.78, 5) is 24.2. The molecule has 0 aromatic rings. The summed E-state index contributed by atoms with van der Waals surface area (Å²) in [5.41, 5.74) is -0.527. The fourth-order valence-electron chi connectivity index (χ4n) is 1.94. The number of carbonyl (C=O) groups is 2. The summed E-state index contributed by atoms with van der Waals surface area (Å²) >= 11 is 0. The molecule has 0 spiro atoms. The number of hydrogen-bond acceptors (Lipinski definition) is 4. The summed E-state index contributed by atoms with van der Waals surface area (Å²) in [6, 6.07) is -0.0945. The van der Waals surface area contributed by atoms with Crippen LogP contribution in [0.25, 0.3) is 0 Å². The molecule has 6 nitrogen and oxygen atoms in total. The van der Waals surface area contributed by atoms with Crippen LogP contribution in [-0.4, -0.2) is 53.5 Å². The molecule has 1 rings (SSSR count). The van der Waals surface area contributed by atoms with E-state index in [1.165, 1.54) is 0 Å². The minimum atomic E-state index is -0.819. The minimum absolute atomic E-state index is 0.0945. The van der Waals surface area contributed by atoms with E-state index in [-0.39, 0.29) is 18.6 Å². The van der Waals surface area contributed by atoms with Gasteiger partial charge in [-0.15, -0.1) is 0 Å². The lowest BCUT2D eigenvalue weighted by Gasteiger charge is -2.36. The van der Waals surface area contributed by atoms with Gasteiger partial charge in [-0.25, -0.2) is 4.79 Å². The van der Waals surface area contributed by atoms with E-state index in [1.807, 2.05) is 20.8 Å². The number of carbonyl (C=O) groups excluding carboxylic acids is 1. The van der Waals surface area contributed by atoms with Crippen LogP contribution in [-0.2, 0) is 14.3 Å². The summed E-state index contributed by atoms with van der Waals surface area (Å²) in [7, 11) is 0. The fraction of sp³-hybridized carbons (Fsp3) is 0.846. The van der Waals surface area contributed by atoms with E-state index < -0.39 is 11.6 Å². The van der Waals surface area contributed by atoms with Gasteiger partial charge in [-0.3, -0.25) is 4.79 Å². The first kappa shape index (κ1) is 15.8.